The summed E-state index contributed by atoms with van der Waals surface area (Å²) < 4.78 is 24.4. The number of amides is 4. The SMILES string of the molecule is CC(C(=O)N1CCN(S(C)(=O)=O)CC1)N1C(=O)NC2(CCCC2)C1=O. The van der Waals surface area contributed by atoms with Crippen LogP contribution < -0.4 is 5.32 Å². The fourth-order valence-electron chi connectivity index (χ4n) is 3.93. The summed E-state index contributed by atoms with van der Waals surface area (Å²) in [5.74, 6) is -0.641. The summed E-state index contributed by atoms with van der Waals surface area (Å²) >= 11 is 0. The average Bonchev–Trinajstić information content (AvgIpc) is 3.11. The Morgan fingerprint density at radius 2 is 1.68 bits per heavy atom. The molecule has 0 aromatic heterocycles. The number of nitrogens with zero attached hydrogens (tertiary/aromatic N) is 3. The maximum atomic E-state index is 12.7. The van der Waals surface area contributed by atoms with Crippen molar-refractivity contribution in [1.29, 1.82) is 0 Å². The minimum Gasteiger partial charge on any atom is -0.338 e. The van der Waals surface area contributed by atoms with Gasteiger partial charge in [-0.05, 0) is 19.8 Å². The third-order valence-electron chi connectivity index (χ3n) is 5.41. The summed E-state index contributed by atoms with van der Waals surface area (Å²) in [5.41, 5.74) is -0.833. The number of piperazine rings is 1. The van der Waals surface area contributed by atoms with E-state index >= 15 is 0 Å². The van der Waals surface area contributed by atoms with Crippen molar-refractivity contribution >= 4 is 27.9 Å². The molecule has 10 heteroatoms. The van der Waals surface area contributed by atoms with Crippen LogP contribution in [0.3, 0.4) is 0 Å². The molecule has 9 nitrogen and oxygen atoms in total. The zero-order chi connectivity index (χ0) is 18.4. The van der Waals surface area contributed by atoms with Crippen LogP contribution in [0.1, 0.15) is 32.6 Å². The van der Waals surface area contributed by atoms with Gasteiger partial charge in [0.25, 0.3) is 5.91 Å². The maximum Gasteiger partial charge on any atom is 0.325 e. The van der Waals surface area contributed by atoms with Gasteiger partial charge in [0.1, 0.15) is 11.6 Å². The molecule has 140 valence electrons. The number of hydrogen-bond donors (Lipinski definition) is 1. The highest BCUT2D eigenvalue weighted by molar-refractivity contribution is 7.88. The van der Waals surface area contributed by atoms with E-state index < -0.39 is 27.6 Å². The molecule has 3 fully saturated rings. The van der Waals surface area contributed by atoms with E-state index in [4.69, 9.17) is 0 Å². The average molecular weight is 372 g/mol. The normalized spacial score (nSPS) is 25.5. The van der Waals surface area contributed by atoms with Crippen molar-refractivity contribution in [2.24, 2.45) is 0 Å². The van der Waals surface area contributed by atoms with Crippen LogP contribution in [0.25, 0.3) is 0 Å². The van der Waals surface area contributed by atoms with Crippen molar-refractivity contribution in [3.8, 4) is 0 Å². The first-order valence-corrected chi connectivity index (χ1v) is 10.4. The number of nitrogens with one attached hydrogen (secondary N) is 1. The van der Waals surface area contributed by atoms with Crippen LogP contribution >= 0.6 is 0 Å². The van der Waals surface area contributed by atoms with Crippen LogP contribution in [0.5, 0.6) is 0 Å². The van der Waals surface area contributed by atoms with Gasteiger partial charge in [-0.1, -0.05) is 12.8 Å². The van der Waals surface area contributed by atoms with E-state index in [0.717, 1.165) is 24.0 Å². The van der Waals surface area contributed by atoms with Gasteiger partial charge >= 0.3 is 6.03 Å². The van der Waals surface area contributed by atoms with Gasteiger partial charge in [0.05, 0.1) is 6.26 Å². The van der Waals surface area contributed by atoms with Gasteiger partial charge in [0.2, 0.25) is 15.9 Å². The summed E-state index contributed by atoms with van der Waals surface area (Å²) in [6.07, 6.45) is 4.14. The molecule has 3 rings (SSSR count). The topological polar surface area (TPSA) is 107 Å². The molecule has 25 heavy (non-hydrogen) atoms. The molecule has 0 aromatic carbocycles. The van der Waals surface area contributed by atoms with E-state index in [-0.39, 0.29) is 38.0 Å². The molecule has 0 radical (unpaired) electrons. The zero-order valence-electron chi connectivity index (χ0n) is 14.5. The number of hydrogen-bond acceptors (Lipinski definition) is 5. The molecular weight excluding hydrogens is 348 g/mol. The lowest BCUT2D eigenvalue weighted by molar-refractivity contribution is -0.143. The molecule has 0 aromatic rings. The largest absolute Gasteiger partial charge is 0.338 e. The Morgan fingerprint density at radius 3 is 2.20 bits per heavy atom. The summed E-state index contributed by atoms with van der Waals surface area (Å²) in [5, 5.41) is 2.77. The lowest BCUT2D eigenvalue weighted by atomic mass is 9.97. The Bertz CT molecular complexity index is 693. The third-order valence-corrected chi connectivity index (χ3v) is 6.72. The van der Waals surface area contributed by atoms with E-state index in [1.165, 1.54) is 9.21 Å². The van der Waals surface area contributed by atoms with Crippen LogP contribution in [0, 0.1) is 0 Å². The second kappa shape index (κ2) is 6.24. The Morgan fingerprint density at radius 1 is 1.12 bits per heavy atom. The first kappa shape index (κ1) is 18.1. The van der Waals surface area contributed by atoms with Gasteiger partial charge in [0.15, 0.2) is 0 Å². The van der Waals surface area contributed by atoms with Crippen molar-refractivity contribution in [1.82, 2.24) is 19.4 Å². The number of urea groups is 1. The van der Waals surface area contributed by atoms with Gasteiger partial charge in [-0.15, -0.1) is 0 Å². The second-order valence-corrected chi connectivity index (χ2v) is 9.04. The van der Waals surface area contributed by atoms with Gasteiger partial charge in [-0.25, -0.2) is 18.1 Å². The lowest BCUT2D eigenvalue weighted by Crippen LogP contribution is -2.56. The summed E-state index contributed by atoms with van der Waals surface area (Å²) in [7, 11) is -3.28. The Labute approximate surface area is 147 Å². The highest BCUT2D eigenvalue weighted by atomic mass is 32.2. The predicted octanol–water partition coefficient (Wildman–Crippen LogP) is -0.657. The van der Waals surface area contributed by atoms with Crippen LogP contribution in [0.4, 0.5) is 4.79 Å². The molecule has 2 aliphatic heterocycles. The zero-order valence-corrected chi connectivity index (χ0v) is 15.3. The highest BCUT2D eigenvalue weighted by Gasteiger charge is 2.54. The predicted molar refractivity (Wildman–Crippen MR) is 89.0 cm³/mol. The molecular formula is C15H24N4O5S. The highest BCUT2D eigenvalue weighted by Crippen LogP contribution is 2.35. The molecule has 2 saturated heterocycles. The first-order chi connectivity index (χ1) is 11.7. The van der Waals surface area contributed by atoms with Gasteiger partial charge in [-0.2, -0.15) is 4.31 Å². The molecule has 1 spiro atoms. The van der Waals surface area contributed by atoms with E-state index in [0.29, 0.717) is 12.8 Å². The van der Waals surface area contributed by atoms with Gasteiger partial charge in [0, 0.05) is 26.2 Å². The van der Waals surface area contributed by atoms with Crippen molar-refractivity contribution in [2.75, 3.05) is 32.4 Å². The Kier molecular flexibility index (Phi) is 4.52. The minimum absolute atomic E-state index is 0.224. The van der Waals surface area contributed by atoms with Crippen LogP contribution in [-0.2, 0) is 19.6 Å². The molecule has 1 atom stereocenters. The summed E-state index contributed by atoms with van der Waals surface area (Å²) in [6, 6.07) is -1.40. The quantitative estimate of drug-likeness (QED) is 0.662. The van der Waals surface area contributed by atoms with Gasteiger partial charge < -0.3 is 10.2 Å². The van der Waals surface area contributed by atoms with Crippen molar-refractivity contribution in [3.63, 3.8) is 0 Å². The monoisotopic (exact) mass is 372 g/mol. The second-order valence-electron chi connectivity index (χ2n) is 7.06. The Balaban J connectivity index is 1.67. The maximum absolute atomic E-state index is 12.7. The van der Waals surface area contributed by atoms with E-state index in [9.17, 15) is 22.8 Å². The number of rotatable bonds is 3. The summed E-state index contributed by atoms with van der Waals surface area (Å²) in [4.78, 5) is 40.3. The smallest absolute Gasteiger partial charge is 0.325 e. The first-order valence-electron chi connectivity index (χ1n) is 8.55. The van der Waals surface area contributed by atoms with Crippen molar-refractivity contribution < 1.29 is 22.8 Å². The minimum atomic E-state index is -3.28. The van der Waals surface area contributed by atoms with Crippen molar-refractivity contribution in [3.05, 3.63) is 0 Å². The molecule has 2 heterocycles. The van der Waals surface area contributed by atoms with Gasteiger partial charge in [-0.3, -0.25) is 9.59 Å². The number of carbonyl (C=O) groups excluding carboxylic acids is 3. The van der Waals surface area contributed by atoms with E-state index in [2.05, 4.69) is 5.32 Å². The molecule has 4 amide bonds. The van der Waals surface area contributed by atoms with Crippen LogP contribution in [0.15, 0.2) is 0 Å². The fraction of sp³-hybridized carbons (Fsp3) is 0.800. The van der Waals surface area contributed by atoms with Crippen molar-refractivity contribution in [2.45, 2.75) is 44.2 Å². The van der Waals surface area contributed by atoms with Crippen LogP contribution in [0.2, 0.25) is 0 Å². The number of carbonyl (C=O) groups is 3. The Hall–Kier alpha value is -1.68. The van der Waals surface area contributed by atoms with E-state index in [1.54, 1.807) is 6.92 Å². The molecule has 3 aliphatic rings. The van der Waals surface area contributed by atoms with Crippen LogP contribution in [-0.4, -0.2) is 84.4 Å². The molecule has 1 saturated carbocycles. The molecule has 1 N–H and O–H groups in total. The third kappa shape index (κ3) is 3.12. The molecule has 1 unspecified atom stereocenters. The standard InChI is InChI=1S/C15H24N4O5S/c1-11(12(20)17-7-9-18(10-8-17)25(2,23)24)19-13(21)15(16-14(19)22)5-3-4-6-15/h11H,3-10H2,1-2H3,(H,16,22). The fourth-order valence-corrected chi connectivity index (χ4v) is 4.75. The summed E-state index contributed by atoms with van der Waals surface area (Å²) in [6.45, 7) is 2.51. The lowest BCUT2D eigenvalue weighted by Gasteiger charge is -2.35. The number of sulfonamides is 1. The van der Waals surface area contributed by atoms with E-state index in [1.807, 2.05) is 0 Å². The molecule has 0 bridgehead atoms. The molecule has 1 aliphatic carbocycles. The number of imide groups is 1.